The molecular formula is C94H115B5N10O18S4. The molecule has 10 saturated carbocycles. The normalized spacial score (nSPS) is 26.7. The van der Waals surface area contributed by atoms with E-state index in [0.29, 0.717) is 81.5 Å². The van der Waals surface area contributed by atoms with Crippen molar-refractivity contribution >= 4 is 158 Å². The van der Waals surface area contributed by atoms with Gasteiger partial charge in [0.2, 0.25) is 0 Å². The Hall–Kier alpha value is -8.93. The van der Waals surface area contributed by atoms with E-state index >= 15 is 0 Å². The number of allylic oxidation sites excluding steroid dienone is 5. The van der Waals surface area contributed by atoms with E-state index in [1.807, 2.05) is 82.0 Å². The SMILES string of the molecule is CC(C)CCS(=O)(=O)CC1CC(C2=CB(O)Oc3cnc4[nH]ccc4c32)C1.CC12CC3CC(C1)C(C1=CB(O)Oc4cnc5[nH]ccc5c41)C(C3)C2.CCCS(=O)(=O)CC1CC(C2=CB(O)Oc3cnc4[nH]ccc4c32)C1.O=S(=O)(CC1CCC1)CC1CC(C2=CB(O)Oc3cnc4[nH]ccc4c32)C1.O=S(=O)(CCC1CC1)CC1CC(C2=CB(O)Oc3cnc4[nH]ccc4c32)C1. The zero-order valence-electron chi connectivity index (χ0n) is 74.5. The quantitative estimate of drug-likeness (QED) is 0.0266. The summed E-state index contributed by atoms with van der Waals surface area (Å²) >= 11 is 0. The first-order valence-electron chi connectivity index (χ1n) is 47.3. The minimum atomic E-state index is -3.00. The first kappa shape index (κ1) is 89.9. The Kier molecular flexibility index (Phi) is 24.7. The lowest BCUT2D eigenvalue weighted by Gasteiger charge is -2.60. The Labute approximate surface area is 766 Å². The average Bonchev–Trinajstić information content (AvgIpc) is 1.42. The van der Waals surface area contributed by atoms with Gasteiger partial charge in [-0.1, -0.05) is 47.0 Å². The van der Waals surface area contributed by atoms with Gasteiger partial charge in [-0.25, -0.2) is 58.6 Å². The van der Waals surface area contributed by atoms with E-state index < -0.39 is 74.9 Å². The van der Waals surface area contributed by atoms with Crippen LogP contribution in [0, 0.1) is 94.2 Å². The number of nitrogens with one attached hydrogen (secondary N) is 5. The van der Waals surface area contributed by atoms with Gasteiger partial charge in [0.25, 0.3) is 0 Å². The molecule has 37 heteroatoms. The number of H-pyrrole nitrogens is 5. The summed E-state index contributed by atoms with van der Waals surface area (Å²) in [7, 11) is -16.6. The summed E-state index contributed by atoms with van der Waals surface area (Å²) in [6.45, 7) is 8.49. The second-order valence-electron chi connectivity index (χ2n) is 40.9. The molecule has 10 N–H and O–H groups in total. The van der Waals surface area contributed by atoms with Crippen LogP contribution >= 0.6 is 0 Å². The maximum atomic E-state index is 12.4. The molecule has 0 amide bonds. The van der Waals surface area contributed by atoms with Gasteiger partial charge in [0.1, 0.15) is 57.0 Å². The predicted octanol–water partition coefficient (Wildman–Crippen LogP) is 14.1. The summed E-state index contributed by atoms with van der Waals surface area (Å²) < 4.78 is 126. The maximum Gasteiger partial charge on any atom is 0.552 e. The largest absolute Gasteiger partial charge is 0.552 e. The van der Waals surface area contributed by atoms with Crippen molar-refractivity contribution < 1.29 is 82.1 Å². The number of hydrogen-bond acceptors (Lipinski definition) is 23. The van der Waals surface area contributed by atoms with Crippen molar-refractivity contribution in [3.05, 3.63) is 150 Å². The molecule has 0 radical (unpaired) electrons. The van der Waals surface area contributed by atoms with Crippen LogP contribution < -0.4 is 23.3 Å². The maximum absolute atomic E-state index is 12.4. The monoisotopic (exact) mass is 1850 g/mol. The van der Waals surface area contributed by atoms with Gasteiger partial charge in [-0.15, -0.1) is 0 Å². The summed E-state index contributed by atoms with van der Waals surface area (Å²) in [6, 6.07) is 9.94. The number of aromatic amines is 5. The van der Waals surface area contributed by atoms with E-state index in [0.717, 1.165) is 200 Å². The third-order valence-electron chi connectivity index (χ3n) is 30.4. The third-order valence-corrected chi connectivity index (χ3v) is 38.1. The third kappa shape index (κ3) is 19.2. The predicted molar refractivity (Wildman–Crippen MR) is 512 cm³/mol. The van der Waals surface area contributed by atoms with Crippen LogP contribution in [0.1, 0.15) is 190 Å². The number of hydrogen-bond donors (Lipinski definition) is 10. The summed E-state index contributed by atoms with van der Waals surface area (Å²) in [4.78, 5) is 37.4. The van der Waals surface area contributed by atoms with Crippen LogP contribution in [-0.4, -0.2) is 190 Å². The Bertz CT molecular complexity index is 6490. The molecular weight excluding hydrogens is 1740 g/mol. The number of fused-ring (bicyclic) bond motifs is 15. The summed E-state index contributed by atoms with van der Waals surface area (Å²) in [5, 5.41) is 55.6. The average molecular weight is 1860 g/mol. The molecule has 5 aliphatic heterocycles. The van der Waals surface area contributed by atoms with Crippen molar-refractivity contribution in [2.45, 2.75) is 163 Å². The topological polar surface area (TPSA) is 427 Å². The highest BCUT2D eigenvalue weighted by Crippen LogP contribution is 2.66. The molecule has 131 heavy (non-hydrogen) atoms. The van der Waals surface area contributed by atoms with Gasteiger partial charge in [-0.05, 0) is 298 Å². The van der Waals surface area contributed by atoms with E-state index in [1.54, 1.807) is 54.9 Å². The number of pyridine rings is 5. The van der Waals surface area contributed by atoms with Crippen LogP contribution in [0.4, 0.5) is 0 Å². The minimum absolute atomic E-state index is 0.194. The fourth-order valence-electron chi connectivity index (χ4n) is 24.2. The molecule has 15 aliphatic rings. The number of aromatic nitrogens is 10. The fourth-order valence-corrected chi connectivity index (χ4v) is 32.0. The van der Waals surface area contributed by atoms with E-state index in [4.69, 9.17) is 23.3 Å². The van der Waals surface area contributed by atoms with Crippen LogP contribution in [0.15, 0.2) is 122 Å². The van der Waals surface area contributed by atoms with Gasteiger partial charge in [0, 0.05) is 91.5 Å². The van der Waals surface area contributed by atoms with Crippen LogP contribution in [-0.2, 0) is 39.3 Å². The molecule has 25 rings (SSSR count). The molecule has 2 unspecified atom stereocenters. The van der Waals surface area contributed by atoms with Crippen LogP contribution in [0.2, 0.25) is 0 Å². The molecule has 0 spiro atoms. The van der Waals surface area contributed by atoms with E-state index in [1.165, 1.54) is 62.5 Å². The summed E-state index contributed by atoms with van der Waals surface area (Å²) in [5.41, 5.74) is 15.2. The highest BCUT2D eigenvalue weighted by atomic mass is 32.2. The second-order valence-corrected chi connectivity index (χ2v) is 49.8. The number of rotatable bonds is 23. The molecule has 4 bridgehead atoms. The molecule has 10 aliphatic carbocycles. The van der Waals surface area contributed by atoms with Gasteiger partial charge >= 0.3 is 35.6 Å². The molecule has 0 saturated heterocycles. The zero-order valence-corrected chi connectivity index (χ0v) is 77.8. The lowest BCUT2D eigenvalue weighted by Crippen LogP contribution is -2.50. The Balaban J connectivity index is 0.000000102. The van der Waals surface area contributed by atoms with E-state index in [-0.39, 0.29) is 70.4 Å². The molecule has 10 fully saturated rings. The van der Waals surface area contributed by atoms with E-state index in [2.05, 4.69) is 62.8 Å². The Morgan fingerprint density at radius 1 is 0.382 bits per heavy atom. The fraction of sp³-hybridized carbons (Fsp3) is 0.521. The lowest BCUT2D eigenvalue weighted by molar-refractivity contribution is -0.0667. The molecule has 10 aromatic rings. The van der Waals surface area contributed by atoms with E-state index in [9.17, 15) is 58.8 Å². The number of sulfone groups is 4. The van der Waals surface area contributed by atoms with Gasteiger partial charge in [0.15, 0.2) is 39.3 Å². The van der Waals surface area contributed by atoms with Crippen molar-refractivity contribution in [2.24, 2.45) is 94.2 Å². The highest BCUT2D eigenvalue weighted by molar-refractivity contribution is 7.92. The van der Waals surface area contributed by atoms with Gasteiger partial charge < -0.3 is 73.3 Å². The van der Waals surface area contributed by atoms with Crippen LogP contribution in [0.25, 0.3) is 83.0 Å². The second kappa shape index (κ2) is 36.0. The number of nitrogens with zero attached hydrogens (tertiary/aromatic N) is 5. The van der Waals surface area contributed by atoms with Crippen molar-refractivity contribution in [1.29, 1.82) is 0 Å². The first-order chi connectivity index (χ1) is 62.8. The first-order valence-corrected chi connectivity index (χ1v) is 54.6. The van der Waals surface area contributed by atoms with Crippen molar-refractivity contribution in [1.82, 2.24) is 49.8 Å². The molecule has 28 nitrogen and oxygen atoms in total. The molecule has 15 heterocycles. The minimum Gasteiger partial charge on any atom is -0.531 e. The lowest BCUT2D eigenvalue weighted by atomic mass is 9.45. The summed E-state index contributed by atoms with van der Waals surface area (Å²) in [5.74, 6) is 20.7. The van der Waals surface area contributed by atoms with Crippen molar-refractivity contribution in [3.63, 3.8) is 0 Å². The molecule has 688 valence electrons. The zero-order chi connectivity index (χ0) is 90.7. The molecule has 0 aromatic carbocycles. The smallest absolute Gasteiger partial charge is 0.531 e. The highest BCUT2D eigenvalue weighted by Gasteiger charge is 2.56. The van der Waals surface area contributed by atoms with Crippen molar-refractivity contribution in [3.8, 4) is 28.7 Å². The van der Waals surface area contributed by atoms with Gasteiger partial charge in [-0.2, -0.15) is 0 Å². The summed E-state index contributed by atoms with van der Waals surface area (Å²) in [6.07, 6.45) is 39.1. The van der Waals surface area contributed by atoms with Crippen LogP contribution in [0.3, 0.4) is 0 Å². The molecule has 2 atom stereocenters. The van der Waals surface area contributed by atoms with Crippen molar-refractivity contribution in [2.75, 3.05) is 46.0 Å². The Morgan fingerprint density at radius 3 is 0.977 bits per heavy atom. The van der Waals surface area contributed by atoms with Crippen LogP contribution in [0.5, 0.6) is 28.7 Å². The molecule has 10 aromatic heterocycles. The van der Waals surface area contributed by atoms with Gasteiger partial charge in [-0.3, -0.25) is 0 Å². The van der Waals surface area contributed by atoms with Gasteiger partial charge in [0.05, 0.1) is 71.3 Å². The Morgan fingerprint density at radius 2 is 0.679 bits per heavy atom. The standard InChI is InChI=1S/C20H23BN2O2.2C19H23BN2O4S.C19H25BN2O4S.C17H21BN2O4S/c1-20-6-11-4-12(7-20)17(13(5-11)8-20)15-9-21(24)25-16-10-23-19-14(18(15)16)2-3-22-19;23-20-9-16(18-15-3-5-21-19(15)22-10-17(18)26-20)14-7-13(8-14)11-27(24,25)6-4-12-1-2-12;23-20-8-16(18-15-4-5-21-19(15)22-9-17(18)26-20)14-6-13(7-14)11-27(24,25)10-12-2-1-3-12;1-12(2)4-6-27(24,25)11-13-7-14(8-13)16-9-20(23)26-17-10-22-19-15(18(16)17)3-5-21-19;1-2-5-25(22,23)10-11-6-12(7-11)14-8-18(21)24-15-9-20-17-13(16(14)15)3-4-19-17/h2-3,9-13,17,24H,4-8H2,1H3,(H,22,23);3,5,9-10,12-14,23H,1-2,4,6-8,11H2,(H,21,22);4-5,8-9,12-14,23H,1-3,6-7,10-11H2,(H,21,22);3,5,9-10,12-14,23H,4,6-8,11H2,1-2H3,(H,21,22);3-4,8-9,11-12,21H,2,5-7,10H2,1H3,(H,19,20).